The van der Waals surface area contributed by atoms with Crippen molar-refractivity contribution in [1.82, 2.24) is 0 Å². The van der Waals surface area contributed by atoms with Gasteiger partial charge in [-0.2, -0.15) is 0 Å². The molecule has 0 radical (unpaired) electrons. The third-order valence-electron chi connectivity index (χ3n) is 2.29. The second-order valence-electron chi connectivity index (χ2n) is 3.24. The Hall–Kier alpha value is -1.82. The van der Waals surface area contributed by atoms with Gasteiger partial charge in [0.15, 0.2) is 0 Å². The van der Waals surface area contributed by atoms with Crippen molar-refractivity contribution in [3.8, 4) is 5.75 Å². The smallest absolute Gasteiger partial charge is 0.337 e. The molecule has 0 unspecified atom stereocenters. The van der Waals surface area contributed by atoms with Crippen LogP contribution in [0.15, 0.2) is 28.5 Å². The van der Waals surface area contributed by atoms with Crippen LogP contribution < -0.4 is 4.74 Å². The first-order valence-corrected chi connectivity index (χ1v) is 5.89. The van der Waals surface area contributed by atoms with Gasteiger partial charge in [0.25, 0.3) is 0 Å². The van der Waals surface area contributed by atoms with E-state index in [1.54, 1.807) is 0 Å². The van der Waals surface area contributed by atoms with Gasteiger partial charge in [-0.3, -0.25) is 0 Å². The Bertz CT molecular complexity index is 598. The van der Waals surface area contributed by atoms with Crippen LogP contribution in [0.2, 0.25) is 0 Å². The predicted octanol–water partition coefficient (Wildman–Crippen LogP) is 0.908. The molecule has 5 nitrogen and oxygen atoms in total. The second-order valence-corrected chi connectivity index (χ2v) is 5.01. The number of ether oxygens (including phenoxy) is 1. The lowest BCUT2D eigenvalue weighted by atomic mass is 10.1. The summed E-state index contributed by atoms with van der Waals surface area (Å²) in [5.41, 5.74) is -0.00838. The first-order chi connectivity index (χ1) is 7.45. The number of carbonyl (C=O) groups is 1. The largest absolute Gasteiger partial charge is 0.497 e. The first-order valence-electron chi connectivity index (χ1n) is 4.34. The number of carboxylic acid groups (broad SMARTS) is 1. The van der Waals surface area contributed by atoms with Gasteiger partial charge in [0.05, 0.1) is 23.0 Å². The number of fused-ring (bicyclic) bond motifs is 1. The minimum absolute atomic E-state index is 0.0238. The Morgan fingerprint density at radius 2 is 2.06 bits per heavy atom. The van der Waals surface area contributed by atoms with Gasteiger partial charge in [0, 0.05) is 5.56 Å². The van der Waals surface area contributed by atoms with Crippen LogP contribution in [0.4, 0.5) is 0 Å². The molecule has 84 valence electrons. The predicted molar refractivity (Wildman–Crippen MR) is 55.8 cm³/mol. The molecule has 1 aromatic carbocycles. The Kier molecular flexibility index (Phi) is 2.23. The molecule has 1 heterocycles. The minimum Gasteiger partial charge on any atom is -0.497 e. The highest BCUT2D eigenvalue weighted by atomic mass is 32.2. The number of benzene rings is 1. The molecule has 1 N–H and O–H groups in total. The quantitative estimate of drug-likeness (QED) is 0.830. The highest BCUT2D eigenvalue weighted by Crippen LogP contribution is 2.35. The molecule has 1 aromatic rings. The van der Waals surface area contributed by atoms with Gasteiger partial charge in [-0.15, -0.1) is 0 Å². The summed E-state index contributed by atoms with van der Waals surface area (Å²) >= 11 is 0. The van der Waals surface area contributed by atoms with Crippen LogP contribution >= 0.6 is 0 Å². The Morgan fingerprint density at radius 3 is 2.62 bits per heavy atom. The normalized spacial score (nSPS) is 16.4. The maximum Gasteiger partial charge on any atom is 0.337 e. The lowest BCUT2D eigenvalue weighted by molar-refractivity contribution is -0.130. The maximum absolute atomic E-state index is 11.6. The van der Waals surface area contributed by atoms with Gasteiger partial charge in [-0.25, -0.2) is 13.2 Å². The van der Waals surface area contributed by atoms with E-state index < -0.39 is 15.8 Å². The molecule has 16 heavy (non-hydrogen) atoms. The zero-order valence-corrected chi connectivity index (χ0v) is 9.11. The molecule has 1 aliphatic heterocycles. The summed E-state index contributed by atoms with van der Waals surface area (Å²) in [7, 11) is -2.24. The number of carboxylic acids is 1. The van der Waals surface area contributed by atoms with E-state index in [2.05, 4.69) is 0 Å². The standard InChI is InChI=1S/C10H8O5S/c1-15-6-2-3-7-8(10(11)12)5-16(13,14)9(7)4-6/h2-5H,1H3,(H,11,12). The van der Waals surface area contributed by atoms with E-state index in [1.807, 2.05) is 0 Å². The van der Waals surface area contributed by atoms with Crippen molar-refractivity contribution in [3.63, 3.8) is 0 Å². The number of rotatable bonds is 2. The molecule has 0 saturated heterocycles. The number of hydrogen-bond donors (Lipinski definition) is 1. The fourth-order valence-electron chi connectivity index (χ4n) is 1.54. The lowest BCUT2D eigenvalue weighted by Crippen LogP contribution is -1.97. The molecule has 0 spiro atoms. The van der Waals surface area contributed by atoms with Crippen molar-refractivity contribution in [2.45, 2.75) is 4.90 Å². The van der Waals surface area contributed by atoms with E-state index in [0.29, 0.717) is 5.75 Å². The highest BCUT2D eigenvalue weighted by molar-refractivity contribution is 7.95. The van der Waals surface area contributed by atoms with Crippen molar-refractivity contribution in [1.29, 1.82) is 0 Å². The van der Waals surface area contributed by atoms with Crippen LogP contribution in [-0.2, 0) is 14.6 Å². The summed E-state index contributed by atoms with van der Waals surface area (Å²) in [5.74, 6) is -0.880. The van der Waals surface area contributed by atoms with Crippen molar-refractivity contribution in [2.75, 3.05) is 7.11 Å². The monoisotopic (exact) mass is 240 g/mol. The summed E-state index contributed by atoms with van der Waals surface area (Å²) in [6.07, 6.45) is 0. The number of sulfone groups is 1. The topological polar surface area (TPSA) is 80.7 Å². The van der Waals surface area contributed by atoms with Gasteiger partial charge >= 0.3 is 5.97 Å². The minimum atomic E-state index is -3.66. The zero-order chi connectivity index (χ0) is 11.9. The van der Waals surface area contributed by atoms with Gasteiger partial charge < -0.3 is 9.84 Å². The van der Waals surface area contributed by atoms with Crippen LogP contribution in [0.3, 0.4) is 0 Å². The van der Waals surface area contributed by atoms with Crippen molar-refractivity contribution >= 4 is 21.4 Å². The molecular formula is C10H8O5S. The van der Waals surface area contributed by atoms with Gasteiger partial charge in [0.1, 0.15) is 5.75 Å². The number of hydrogen-bond acceptors (Lipinski definition) is 4. The van der Waals surface area contributed by atoms with Crippen molar-refractivity contribution < 1.29 is 23.1 Å². The van der Waals surface area contributed by atoms with E-state index >= 15 is 0 Å². The summed E-state index contributed by atoms with van der Waals surface area (Å²) < 4.78 is 28.2. The lowest BCUT2D eigenvalue weighted by Gasteiger charge is -2.03. The zero-order valence-electron chi connectivity index (χ0n) is 8.30. The molecule has 0 amide bonds. The van der Waals surface area contributed by atoms with E-state index in [1.165, 1.54) is 25.3 Å². The molecule has 0 aliphatic carbocycles. The second kappa shape index (κ2) is 3.34. The third kappa shape index (κ3) is 1.47. The average Bonchev–Trinajstić information content (AvgIpc) is 2.51. The van der Waals surface area contributed by atoms with Crippen molar-refractivity contribution in [2.24, 2.45) is 0 Å². The molecule has 0 bridgehead atoms. The van der Waals surface area contributed by atoms with E-state index in [-0.39, 0.29) is 16.0 Å². The van der Waals surface area contributed by atoms with Crippen LogP contribution in [0.25, 0.3) is 5.57 Å². The average molecular weight is 240 g/mol. The van der Waals surface area contributed by atoms with Gasteiger partial charge in [-0.05, 0) is 18.2 Å². The van der Waals surface area contributed by atoms with E-state index in [9.17, 15) is 13.2 Å². The molecule has 2 rings (SSSR count). The van der Waals surface area contributed by atoms with Crippen LogP contribution in [0.1, 0.15) is 5.56 Å². The van der Waals surface area contributed by atoms with Gasteiger partial charge in [0.2, 0.25) is 9.84 Å². The highest BCUT2D eigenvalue weighted by Gasteiger charge is 2.30. The Balaban J connectivity index is 2.71. The Labute approximate surface area is 91.9 Å². The summed E-state index contributed by atoms with van der Waals surface area (Å²) in [5, 5.41) is 9.62. The fraction of sp³-hybridized carbons (Fsp3) is 0.100. The summed E-state index contributed by atoms with van der Waals surface area (Å²) in [6.45, 7) is 0. The fourth-order valence-corrected chi connectivity index (χ4v) is 2.97. The molecule has 0 fully saturated rings. The molecule has 0 aromatic heterocycles. The third-order valence-corrected chi connectivity index (χ3v) is 3.79. The molecule has 0 atom stereocenters. The maximum atomic E-state index is 11.6. The SMILES string of the molecule is COc1ccc2c(c1)S(=O)(=O)C=C2C(=O)O. The van der Waals surface area contributed by atoms with Gasteiger partial charge in [-0.1, -0.05) is 0 Å². The van der Waals surface area contributed by atoms with E-state index in [0.717, 1.165) is 5.41 Å². The molecule has 6 heteroatoms. The summed E-state index contributed by atoms with van der Waals surface area (Å²) in [4.78, 5) is 10.8. The van der Waals surface area contributed by atoms with Crippen LogP contribution in [-0.4, -0.2) is 26.6 Å². The van der Waals surface area contributed by atoms with Crippen LogP contribution in [0.5, 0.6) is 5.75 Å². The first kappa shape index (κ1) is 10.7. The number of aliphatic carboxylic acids is 1. The van der Waals surface area contributed by atoms with E-state index in [4.69, 9.17) is 9.84 Å². The van der Waals surface area contributed by atoms with Crippen LogP contribution in [0, 0.1) is 0 Å². The number of methoxy groups -OCH3 is 1. The summed E-state index contributed by atoms with van der Waals surface area (Å²) in [6, 6.07) is 4.27. The molecule has 1 aliphatic rings. The Morgan fingerprint density at radius 1 is 1.38 bits per heavy atom. The molecule has 0 saturated carbocycles. The molecular weight excluding hydrogens is 232 g/mol. The van der Waals surface area contributed by atoms with Crippen molar-refractivity contribution in [3.05, 3.63) is 29.2 Å².